The van der Waals surface area contributed by atoms with E-state index in [1.165, 1.54) is 17.8 Å². The van der Waals surface area contributed by atoms with Gasteiger partial charge in [-0.1, -0.05) is 35.9 Å². The number of ether oxygens (including phenoxy) is 1. The number of esters is 1. The summed E-state index contributed by atoms with van der Waals surface area (Å²) in [5, 5.41) is 2.21. The number of nitrogens with one attached hydrogen (secondary N) is 1. The molecule has 26 heavy (non-hydrogen) atoms. The van der Waals surface area contributed by atoms with E-state index >= 15 is 0 Å². The Balaban J connectivity index is 1.68. The molecule has 1 N–H and O–H groups in total. The quantitative estimate of drug-likeness (QED) is 0.567. The van der Waals surface area contributed by atoms with Crippen LogP contribution in [0.3, 0.4) is 0 Å². The highest BCUT2D eigenvalue weighted by atomic mass is 32.2. The van der Waals surface area contributed by atoms with Gasteiger partial charge in [-0.2, -0.15) is 0 Å². The van der Waals surface area contributed by atoms with E-state index < -0.39 is 17.1 Å². The maximum Gasteiger partial charge on any atom is 0.319 e. The summed E-state index contributed by atoms with van der Waals surface area (Å²) in [4.78, 5) is 24.7. The van der Waals surface area contributed by atoms with Crippen molar-refractivity contribution in [2.45, 2.75) is 30.4 Å². The van der Waals surface area contributed by atoms with Crippen molar-refractivity contribution < 1.29 is 18.7 Å². The van der Waals surface area contributed by atoms with Crippen molar-refractivity contribution in [1.82, 2.24) is 5.32 Å². The Morgan fingerprint density at radius 1 is 1.15 bits per heavy atom. The van der Waals surface area contributed by atoms with Crippen LogP contribution in [0.25, 0.3) is 0 Å². The van der Waals surface area contributed by atoms with E-state index in [0.29, 0.717) is 12.0 Å². The van der Waals surface area contributed by atoms with Crippen molar-refractivity contribution >= 4 is 23.6 Å². The van der Waals surface area contributed by atoms with Crippen molar-refractivity contribution in [3.8, 4) is 0 Å². The molecule has 138 valence electrons. The van der Waals surface area contributed by atoms with E-state index in [1.807, 2.05) is 31.2 Å². The minimum atomic E-state index is -0.445. The van der Waals surface area contributed by atoms with Crippen molar-refractivity contribution in [3.63, 3.8) is 0 Å². The summed E-state index contributed by atoms with van der Waals surface area (Å²) in [7, 11) is 0. The molecule has 0 spiro atoms. The summed E-state index contributed by atoms with van der Waals surface area (Å²) >= 11 is 1.38. The van der Waals surface area contributed by atoms with E-state index in [1.54, 1.807) is 25.1 Å². The molecule has 2 aromatic carbocycles. The van der Waals surface area contributed by atoms with Gasteiger partial charge in [-0.05, 0) is 44.0 Å². The third kappa shape index (κ3) is 6.52. The van der Waals surface area contributed by atoms with Crippen LogP contribution >= 0.6 is 11.8 Å². The normalized spacial score (nSPS) is 11.7. The number of rotatable bonds is 8. The van der Waals surface area contributed by atoms with E-state index in [0.717, 1.165) is 10.5 Å². The second-order valence-electron chi connectivity index (χ2n) is 5.87. The molecule has 0 saturated heterocycles. The van der Waals surface area contributed by atoms with Gasteiger partial charge in [-0.15, -0.1) is 11.8 Å². The van der Waals surface area contributed by atoms with Crippen LogP contribution in [-0.4, -0.2) is 30.3 Å². The van der Waals surface area contributed by atoms with Crippen molar-refractivity contribution in [2.24, 2.45) is 0 Å². The van der Waals surface area contributed by atoms with Gasteiger partial charge < -0.3 is 10.1 Å². The zero-order valence-electron chi connectivity index (χ0n) is 14.8. The third-order valence-corrected chi connectivity index (χ3v) is 4.78. The highest BCUT2D eigenvalue weighted by Crippen LogP contribution is 2.24. The number of thioether (sulfide) groups is 1. The topological polar surface area (TPSA) is 55.4 Å². The van der Waals surface area contributed by atoms with Crippen LogP contribution in [0.4, 0.5) is 4.39 Å². The summed E-state index contributed by atoms with van der Waals surface area (Å²) in [6.45, 7) is 3.68. The van der Waals surface area contributed by atoms with Gasteiger partial charge in [-0.25, -0.2) is 4.39 Å². The zero-order chi connectivity index (χ0) is 18.9. The van der Waals surface area contributed by atoms with Gasteiger partial charge in [-0.3, -0.25) is 9.59 Å². The highest BCUT2D eigenvalue weighted by molar-refractivity contribution is 8.00. The molecule has 0 aliphatic rings. The molecular formula is C20H22FNO3S. The number of benzene rings is 2. The van der Waals surface area contributed by atoms with Crippen molar-refractivity contribution in [3.05, 3.63) is 65.5 Å². The Hall–Kier alpha value is -2.34. The second kappa shape index (κ2) is 9.97. The predicted molar refractivity (Wildman–Crippen MR) is 101 cm³/mol. The summed E-state index contributed by atoms with van der Waals surface area (Å²) < 4.78 is 18.5. The molecule has 0 aliphatic carbocycles. The number of halogens is 1. The molecule has 0 radical (unpaired) electrons. The molecule has 4 nitrogen and oxygen atoms in total. The minimum Gasteiger partial charge on any atom is -0.455 e. The van der Waals surface area contributed by atoms with Crippen LogP contribution in [0.2, 0.25) is 0 Å². The molecule has 0 unspecified atom stereocenters. The molecule has 0 aliphatic heterocycles. The Morgan fingerprint density at radius 3 is 2.54 bits per heavy atom. The summed E-state index contributed by atoms with van der Waals surface area (Å²) in [5.41, 5.74) is 1.68. The number of hydrogen-bond donors (Lipinski definition) is 1. The number of carbonyl (C=O) groups excluding carboxylic acids is 2. The van der Waals surface area contributed by atoms with Crippen LogP contribution in [0.15, 0.2) is 53.4 Å². The monoisotopic (exact) mass is 375 g/mol. The first-order valence-corrected chi connectivity index (χ1v) is 9.23. The Kier molecular flexibility index (Phi) is 7.66. The van der Waals surface area contributed by atoms with Gasteiger partial charge in [0.2, 0.25) is 0 Å². The standard InChI is InChI=1S/C20H22FNO3S/c1-14-7-9-17(10-8-14)26-15(2)20(24)25-13-19(23)22-12-11-16-5-3-4-6-18(16)21/h3-10,15H,11-13H2,1-2H3,(H,22,23)/t15-/m1/s1. The van der Waals surface area contributed by atoms with Gasteiger partial charge in [0.15, 0.2) is 6.61 Å². The maximum absolute atomic E-state index is 13.5. The Morgan fingerprint density at radius 2 is 1.85 bits per heavy atom. The molecule has 0 bridgehead atoms. The molecule has 0 heterocycles. The maximum atomic E-state index is 13.5. The summed E-state index contributed by atoms with van der Waals surface area (Å²) in [6, 6.07) is 14.3. The Labute approximate surface area is 157 Å². The van der Waals surface area contributed by atoms with Gasteiger partial charge in [0, 0.05) is 11.4 Å². The third-order valence-electron chi connectivity index (χ3n) is 3.69. The number of aryl methyl sites for hydroxylation is 1. The lowest BCUT2D eigenvalue weighted by Crippen LogP contribution is -2.31. The van der Waals surface area contributed by atoms with Crippen LogP contribution in [-0.2, 0) is 20.7 Å². The fraction of sp³-hybridized carbons (Fsp3) is 0.300. The van der Waals surface area contributed by atoms with Gasteiger partial charge in [0.1, 0.15) is 11.1 Å². The molecule has 2 rings (SSSR count). The molecule has 2 aromatic rings. The molecular weight excluding hydrogens is 353 g/mol. The molecule has 6 heteroatoms. The number of hydrogen-bond acceptors (Lipinski definition) is 4. The molecule has 0 aromatic heterocycles. The lowest BCUT2D eigenvalue weighted by molar-refractivity contribution is -0.147. The lowest BCUT2D eigenvalue weighted by atomic mass is 10.1. The van der Waals surface area contributed by atoms with Crippen LogP contribution < -0.4 is 5.32 Å². The largest absolute Gasteiger partial charge is 0.455 e. The predicted octanol–water partition coefficient (Wildman–Crippen LogP) is 3.52. The first kappa shape index (κ1) is 20.0. The van der Waals surface area contributed by atoms with Crippen molar-refractivity contribution in [2.75, 3.05) is 13.2 Å². The van der Waals surface area contributed by atoms with E-state index in [2.05, 4.69) is 5.32 Å². The fourth-order valence-electron chi connectivity index (χ4n) is 2.21. The Bertz CT molecular complexity index is 749. The molecule has 1 amide bonds. The smallest absolute Gasteiger partial charge is 0.319 e. The van der Waals surface area contributed by atoms with Crippen LogP contribution in [0.1, 0.15) is 18.1 Å². The molecule has 1 atom stereocenters. The number of amides is 1. The summed E-state index contributed by atoms with van der Waals surface area (Å²) in [5.74, 6) is -1.14. The highest BCUT2D eigenvalue weighted by Gasteiger charge is 2.17. The molecule has 0 fully saturated rings. The lowest BCUT2D eigenvalue weighted by Gasteiger charge is -2.11. The number of carbonyl (C=O) groups is 2. The van der Waals surface area contributed by atoms with E-state index in [4.69, 9.17) is 4.74 Å². The average molecular weight is 375 g/mol. The van der Waals surface area contributed by atoms with Crippen LogP contribution in [0, 0.1) is 12.7 Å². The molecule has 0 saturated carbocycles. The van der Waals surface area contributed by atoms with Crippen LogP contribution in [0.5, 0.6) is 0 Å². The first-order chi connectivity index (χ1) is 12.5. The average Bonchev–Trinajstić information content (AvgIpc) is 2.63. The second-order valence-corrected chi connectivity index (χ2v) is 7.29. The van der Waals surface area contributed by atoms with E-state index in [-0.39, 0.29) is 19.0 Å². The SMILES string of the molecule is Cc1ccc(S[C@H](C)C(=O)OCC(=O)NCCc2ccccc2F)cc1. The minimum absolute atomic E-state index is 0.283. The zero-order valence-corrected chi connectivity index (χ0v) is 15.6. The fourth-order valence-corrected chi connectivity index (χ4v) is 3.08. The van der Waals surface area contributed by atoms with Gasteiger partial charge in [0.05, 0.1) is 0 Å². The van der Waals surface area contributed by atoms with Gasteiger partial charge in [0.25, 0.3) is 5.91 Å². The first-order valence-electron chi connectivity index (χ1n) is 8.36. The summed E-state index contributed by atoms with van der Waals surface area (Å²) in [6.07, 6.45) is 0.381. The van der Waals surface area contributed by atoms with Gasteiger partial charge >= 0.3 is 5.97 Å². The van der Waals surface area contributed by atoms with E-state index in [9.17, 15) is 14.0 Å². The van der Waals surface area contributed by atoms with Crippen molar-refractivity contribution in [1.29, 1.82) is 0 Å².